The van der Waals surface area contributed by atoms with Crippen LogP contribution < -0.4 is 15.0 Å². The van der Waals surface area contributed by atoms with Crippen LogP contribution in [-0.4, -0.2) is 36.1 Å². The van der Waals surface area contributed by atoms with Gasteiger partial charge in [-0.15, -0.1) is 0 Å². The first kappa shape index (κ1) is 19.9. The number of nitrogens with zero attached hydrogens (tertiary/aromatic N) is 3. The Hall–Kier alpha value is -2.84. The van der Waals surface area contributed by atoms with Gasteiger partial charge >= 0.3 is 0 Å². The quantitative estimate of drug-likeness (QED) is 0.790. The number of hydrogen-bond donors (Lipinski definition) is 1. The van der Waals surface area contributed by atoms with Crippen LogP contribution >= 0.6 is 0 Å². The fourth-order valence-electron chi connectivity index (χ4n) is 3.13. The minimum Gasteiger partial charge on any atom is -0.491 e. The SMILES string of the molecule is COc1c(F)c(F)cc(C(=O)NCc2cc(C)nc(N3CCCCC3)n2)c1F. The molecule has 9 heteroatoms. The van der Waals surface area contributed by atoms with E-state index in [0.717, 1.165) is 38.7 Å². The van der Waals surface area contributed by atoms with E-state index in [1.165, 1.54) is 6.42 Å². The largest absolute Gasteiger partial charge is 0.491 e. The highest BCUT2D eigenvalue weighted by Crippen LogP contribution is 2.27. The number of hydrogen-bond acceptors (Lipinski definition) is 5. The molecule has 1 saturated heterocycles. The van der Waals surface area contributed by atoms with Gasteiger partial charge in [0.25, 0.3) is 5.91 Å². The third kappa shape index (κ3) is 4.18. The second kappa shape index (κ2) is 8.45. The van der Waals surface area contributed by atoms with Gasteiger partial charge in [0.1, 0.15) is 0 Å². The molecule has 2 heterocycles. The van der Waals surface area contributed by atoms with Gasteiger partial charge in [0, 0.05) is 18.8 Å². The van der Waals surface area contributed by atoms with Gasteiger partial charge in [0.2, 0.25) is 11.8 Å². The zero-order chi connectivity index (χ0) is 20.3. The van der Waals surface area contributed by atoms with Crippen LogP contribution in [-0.2, 0) is 6.54 Å². The van der Waals surface area contributed by atoms with Crippen molar-refractivity contribution >= 4 is 11.9 Å². The lowest BCUT2D eigenvalue weighted by Gasteiger charge is -2.27. The van der Waals surface area contributed by atoms with Crippen LogP contribution in [0, 0.1) is 24.4 Å². The van der Waals surface area contributed by atoms with Crippen molar-refractivity contribution in [2.75, 3.05) is 25.1 Å². The van der Waals surface area contributed by atoms with E-state index >= 15 is 0 Å². The van der Waals surface area contributed by atoms with Gasteiger partial charge < -0.3 is 15.0 Å². The van der Waals surface area contributed by atoms with Gasteiger partial charge in [0.15, 0.2) is 17.4 Å². The predicted octanol–water partition coefficient (Wildman–Crippen LogP) is 3.13. The highest BCUT2D eigenvalue weighted by Gasteiger charge is 2.23. The van der Waals surface area contributed by atoms with E-state index in [9.17, 15) is 18.0 Å². The average molecular weight is 394 g/mol. The van der Waals surface area contributed by atoms with Gasteiger partial charge in [-0.05, 0) is 38.3 Å². The fourth-order valence-corrected chi connectivity index (χ4v) is 3.13. The van der Waals surface area contributed by atoms with E-state index in [1.54, 1.807) is 6.07 Å². The third-order valence-corrected chi connectivity index (χ3v) is 4.53. The number of carbonyl (C=O) groups excluding carboxylic acids is 1. The standard InChI is InChI=1S/C19H21F3N4O2/c1-11-8-12(25-19(24-11)26-6-4-3-5-7-26)10-23-18(27)13-9-14(20)16(22)17(28-2)15(13)21/h8-9H,3-7,10H2,1-2H3,(H,23,27). The first-order chi connectivity index (χ1) is 13.4. The Morgan fingerprint density at radius 2 is 1.86 bits per heavy atom. The van der Waals surface area contributed by atoms with Gasteiger partial charge in [0.05, 0.1) is 24.9 Å². The molecule has 0 radical (unpaired) electrons. The smallest absolute Gasteiger partial charge is 0.254 e. The van der Waals surface area contributed by atoms with Gasteiger partial charge in [-0.25, -0.2) is 18.7 Å². The van der Waals surface area contributed by atoms with Crippen molar-refractivity contribution in [2.45, 2.75) is 32.7 Å². The number of aromatic nitrogens is 2. The molecule has 2 aromatic rings. The molecule has 1 aromatic carbocycles. The maximum absolute atomic E-state index is 14.2. The molecule has 3 rings (SSSR count). The number of amides is 1. The average Bonchev–Trinajstić information content (AvgIpc) is 2.69. The van der Waals surface area contributed by atoms with Crippen LogP contribution in [0.2, 0.25) is 0 Å². The minimum absolute atomic E-state index is 0.0101. The van der Waals surface area contributed by atoms with E-state index in [0.29, 0.717) is 17.7 Å². The van der Waals surface area contributed by atoms with Crippen molar-refractivity contribution in [3.8, 4) is 5.75 Å². The summed E-state index contributed by atoms with van der Waals surface area (Å²) in [6, 6.07) is 2.21. The van der Waals surface area contributed by atoms with Gasteiger partial charge in [-0.2, -0.15) is 4.39 Å². The summed E-state index contributed by atoms with van der Waals surface area (Å²) >= 11 is 0. The zero-order valence-electron chi connectivity index (χ0n) is 15.7. The summed E-state index contributed by atoms with van der Waals surface area (Å²) < 4.78 is 45.9. The van der Waals surface area contributed by atoms with Crippen LogP contribution in [0.25, 0.3) is 0 Å². The Morgan fingerprint density at radius 3 is 2.54 bits per heavy atom. The summed E-state index contributed by atoms with van der Waals surface area (Å²) in [7, 11) is 0.994. The molecule has 28 heavy (non-hydrogen) atoms. The summed E-state index contributed by atoms with van der Waals surface area (Å²) in [6.45, 7) is 3.55. The lowest BCUT2D eigenvalue weighted by molar-refractivity contribution is 0.0944. The molecule has 0 saturated carbocycles. The van der Waals surface area contributed by atoms with Crippen molar-refractivity contribution in [1.82, 2.24) is 15.3 Å². The highest BCUT2D eigenvalue weighted by atomic mass is 19.2. The molecule has 1 aromatic heterocycles. The minimum atomic E-state index is -1.48. The Bertz CT molecular complexity index is 886. The summed E-state index contributed by atoms with van der Waals surface area (Å²) in [6.07, 6.45) is 3.32. The molecule has 0 aliphatic carbocycles. The van der Waals surface area contributed by atoms with Crippen LogP contribution in [0.5, 0.6) is 5.75 Å². The number of nitrogens with one attached hydrogen (secondary N) is 1. The van der Waals surface area contributed by atoms with E-state index < -0.39 is 34.7 Å². The number of benzene rings is 1. The van der Waals surface area contributed by atoms with Crippen LogP contribution in [0.4, 0.5) is 19.1 Å². The van der Waals surface area contributed by atoms with Crippen molar-refractivity contribution in [3.63, 3.8) is 0 Å². The van der Waals surface area contributed by atoms with Crippen LogP contribution in [0.1, 0.15) is 41.0 Å². The number of aryl methyl sites for hydroxylation is 1. The maximum atomic E-state index is 14.2. The number of ether oxygens (including phenoxy) is 1. The van der Waals surface area contributed by atoms with E-state index in [-0.39, 0.29) is 6.54 Å². The number of carbonyl (C=O) groups is 1. The molecule has 6 nitrogen and oxygen atoms in total. The molecule has 1 fully saturated rings. The molecule has 150 valence electrons. The Balaban J connectivity index is 1.76. The Morgan fingerprint density at radius 1 is 1.14 bits per heavy atom. The number of piperidine rings is 1. The van der Waals surface area contributed by atoms with Crippen molar-refractivity contribution < 1.29 is 22.7 Å². The molecule has 1 aliphatic rings. The zero-order valence-corrected chi connectivity index (χ0v) is 15.7. The second-order valence-electron chi connectivity index (χ2n) is 6.60. The summed E-state index contributed by atoms with van der Waals surface area (Å²) in [5.74, 6) is -5.35. The monoisotopic (exact) mass is 394 g/mol. The normalized spacial score (nSPS) is 14.1. The highest BCUT2D eigenvalue weighted by molar-refractivity contribution is 5.94. The van der Waals surface area contributed by atoms with Gasteiger partial charge in [-0.3, -0.25) is 4.79 Å². The fraction of sp³-hybridized carbons (Fsp3) is 0.421. The van der Waals surface area contributed by atoms with Gasteiger partial charge in [-0.1, -0.05) is 0 Å². The number of halogens is 3. The predicted molar refractivity (Wildman–Crippen MR) is 96.9 cm³/mol. The molecule has 1 aliphatic heterocycles. The molecule has 0 bridgehead atoms. The molecular weight excluding hydrogens is 373 g/mol. The second-order valence-corrected chi connectivity index (χ2v) is 6.60. The maximum Gasteiger partial charge on any atom is 0.254 e. The first-order valence-electron chi connectivity index (χ1n) is 9.00. The number of anilines is 1. The topological polar surface area (TPSA) is 67.3 Å². The van der Waals surface area contributed by atoms with Crippen molar-refractivity contribution in [1.29, 1.82) is 0 Å². The molecule has 0 atom stereocenters. The number of methoxy groups -OCH3 is 1. The molecular formula is C19H21F3N4O2. The lowest BCUT2D eigenvalue weighted by atomic mass is 10.1. The van der Waals surface area contributed by atoms with E-state index in [2.05, 4.69) is 24.9 Å². The van der Waals surface area contributed by atoms with Crippen molar-refractivity contribution in [2.24, 2.45) is 0 Å². The molecule has 1 amide bonds. The van der Waals surface area contributed by atoms with Crippen LogP contribution in [0.15, 0.2) is 12.1 Å². The van der Waals surface area contributed by atoms with Crippen LogP contribution in [0.3, 0.4) is 0 Å². The first-order valence-corrected chi connectivity index (χ1v) is 9.00. The van der Waals surface area contributed by atoms with Crippen molar-refractivity contribution in [3.05, 3.63) is 46.5 Å². The molecule has 0 unspecified atom stereocenters. The van der Waals surface area contributed by atoms with E-state index in [4.69, 9.17) is 0 Å². The molecule has 0 spiro atoms. The third-order valence-electron chi connectivity index (χ3n) is 4.53. The summed E-state index contributed by atoms with van der Waals surface area (Å²) in [4.78, 5) is 23.3. The molecule has 1 N–H and O–H groups in total. The summed E-state index contributed by atoms with van der Waals surface area (Å²) in [5.41, 5.74) is 0.634. The Kier molecular flexibility index (Phi) is 6.01. The lowest BCUT2D eigenvalue weighted by Crippen LogP contribution is -2.32. The Labute approximate surface area is 160 Å². The number of rotatable bonds is 5. The summed E-state index contributed by atoms with van der Waals surface area (Å²) in [5, 5.41) is 2.48. The van der Waals surface area contributed by atoms with E-state index in [1.807, 2.05) is 6.92 Å².